The highest BCUT2D eigenvalue weighted by atomic mass is 35.5. The first-order valence-corrected chi connectivity index (χ1v) is 10.3. The Balaban J connectivity index is 1.29. The summed E-state index contributed by atoms with van der Waals surface area (Å²) in [7, 11) is 0. The molecule has 0 N–H and O–H groups in total. The predicted molar refractivity (Wildman–Crippen MR) is 115 cm³/mol. The van der Waals surface area contributed by atoms with Crippen molar-refractivity contribution < 1.29 is 0 Å². The van der Waals surface area contributed by atoms with Gasteiger partial charge in [-0.3, -0.25) is 4.90 Å². The molecule has 0 spiro atoms. The molecule has 0 aliphatic carbocycles. The van der Waals surface area contributed by atoms with Crippen LogP contribution >= 0.6 is 11.6 Å². The molecule has 1 unspecified atom stereocenters. The van der Waals surface area contributed by atoms with Gasteiger partial charge in [0.1, 0.15) is 5.69 Å². The number of hydrogen-bond acceptors (Lipinski definition) is 4. The first-order valence-electron chi connectivity index (χ1n) is 9.90. The van der Waals surface area contributed by atoms with Gasteiger partial charge >= 0.3 is 0 Å². The number of benzene rings is 2. The predicted octanol–water partition coefficient (Wildman–Crippen LogP) is 4.37. The van der Waals surface area contributed by atoms with Crippen molar-refractivity contribution in [3.05, 3.63) is 65.8 Å². The van der Waals surface area contributed by atoms with Gasteiger partial charge in [0.15, 0.2) is 0 Å². The number of nitrogens with zero attached hydrogens (tertiary/aromatic N) is 5. The Morgan fingerprint density at radius 2 is 1.68 bits per heavy atom. The van der Waals surface area contributed by atoms with E-state index in [0.717, 1.165) is 50.4 Å². The summed E-state index contributed by atoms with van der Waals surface area (Å²) in [5.41, 5.74) is 3.08. The molecule has 1 aliphatic rings. The number of aromatic nitrogens is 3. The Bertz CT molecular complexity index is 887. The van der Waals surface area contributed by atoms with Gasteiger partial charge in [0.05, 0.1) is 17.3 Å². The lowest BCUT2D eigenvalue weighted by molar-refractivity contribution is 0.237. The number of halogens is 1. The summed E-state index contributed by atoms with van der Waals surface area (Å²) in [5.74, 6) is 0. The van der Waals surface area contributed by atoms with Gasteiger partial charge in [-0.15, -0.1) is 5.10 Å². The molecule has 1 aliphatic heterocycles. The number of hydrogen-bond donors (Lipinski definition) is 0. The van der Waals surface area contributed by atoms with Crippen LogP contribution in [0.15, 0.2) is 60.8 Å². The standard InChI is InChI=1S/C22H26ClN5/c1-18(28-17-22(24-25-28)20-9-5-6-10-21(20)23)11-12-26-13-15-27(16-14-26)19-7-3-2-4-8-19/h2-10,17-18H,11-16H2,1H3. The smallest absolute Gasteiger partial charge is 0.114 e. The minimum atomic E-state index is 0.302. The maximum atomic E-state index is 6.28. The van der Waals surface area contributed by atoms with Crippen LogP contribution in [0.25, 0.3) is 11.3 Å². The zero-order chi connectivity index (χ0) is 19.3. The van der Waals surface area contributed by atoms with E-state index in [-0.39, 0.29) is 0 Å². The van der Waals surface area contributed by atoms with E-state index in [9.17, 15) is 0 Å². The minimum absolute atomic E-state index is 0.302. The number of rotatable bonds is 6. The van der Waals surface area contributed by atoms with E-state index in [1.54, 1.807) is 0 Å². The van der Waals surface area contributed by atoms with Gasteiger partial charge in [-0.1, -0.05) is 53.2 Å². The Kier molecular flexibility index (Phi) is 5.93. The van der Waals surface area contributed by atoms with Gasteiger partial charge in [-0.2, -0.15) is 0 Å². The third-order valence-corrected chi connectivity index (χ3v) is 5.80. The van der Waals surface area contributed by atoms with Crippen molar-refractivity contribution in [3.8, 4) is 11.3 Å². The van der Waals surface area contributed by atoms with Crippen LogP contribution in [-0.2, 0) is 0 Å². The molecule has 0 radical (unpaired) electrons. The number of piperazine rings is 1. The Hall–Kier alpha value is -2.37. The summed E-state index contributed by atoms with van der Waals surface area (Å²) in [6, 6.07) is 18.7. The van der Waals surface area contributed by atoms with Crippen molar-refractivity contribution in [1.82, 2.24) is 19.9 Å². The molecule has 1 aromatic heterocycles. The second kappa shape index (κ2) is 8.76. The summed E-state index contributed by atoms with van der Waals surface area (Å²) < 4.78 is 1.96. The minimum Gasteiger partial charge on any atom is -0.369 e. The third-order valence-electron chi connectivity index (χ3n) is 5.47. The van der Waals surface area contributed by atoms with Crippen LogP contribution in [-0.4, -0.2) is 52.6 Å². The average molecular weight is 396 g/mol. The van der Waals surface area contributed by atoms with Gasteiger partial charge in [0, 0.05) is 44.0 Å². The molecule has 5 nitrogen and oxygen atoms in total. The Morgan fingerprint density at radius 1 is 0.964 bits per heavy atom. The monoisotopic (exact) mass is 395 g/mol. The molecule has 146 valence electrons. The summed E-state index contributed by atoms with van der Waals surface area (Å²) in [4.78, 5) is 5.01. The van der Waals surface area contributed by atoms with Crippen LogP contribution in [0.5, 0.6) is 0 Å². The summed E-state index contributed by atoms with van der Waals surface area (Å²) in [5, 5.41) is 9.35. The van der Waals surface area contributed by atoms with E-state index in [4.69, 9.17) is 11.6 Å². The van der Waals surface area contributed by atoms with Crippen LogP contribution in [0, 0.1) is 0 Å². The zero-order valence-electron chi connectivity index (χ0n) is 16.2. The molecule has 0 amide bonds. The SMILES string of the molecule is CC(CCN1CCN(c2ccccc2)CC1)n1cc(-c2ccccc2Cl)nn1. The van der Waals surface area contributed by atoms with Crippen molar-refractivity contribution in [2.24, 2.45) is 0 Å². The Labute approximate surface area is 171 Å². The average Bonchev–Trinajstić information content (AvgIpc) is 3.23. The molecular formula is C22H26ClN5. The molecule has 28 heavy (non-hydrogen) atoms. The summed E-state index contributed by atoms with van der Waals surface area (Å²) >= 11 is 6.28. The van der Waals surface area contributed by atoms with Crippen LogP contribution in [0.1, 0.15) is 19.4 Å². The first-order chi connectivity index (χ1) is 13.7. The first kappa shape index (κ1) is 19.0. The fourth-order valence-corrected chi connectivity index (χ4v) is 3.89. The van der Waals surface area contributed by atoms with Gasteiger partial charge < -0.3 is 4.90 Å². The quantitative estimate of drug-likeness (QED) is 0.621. The van der Waals surface area contributed by atoms with Crippen LogP contribution in [0.3, 0.4) is 0 Å². The molecule has 2 heterocycles. The van der Waals surface area contributed by atoms with Crippen LogP contribution in [0.2, 0.25) is 5.02 Å². The summed E-state index contributed by atoms with van der Waals surface area (Å²) in [6.07, 6.45) is 3.05. The highest BCUT2D eigenvalue weighted by molar-refractivity contribution is 6.33. The van der Waals surface area contributed by atoms with E-state index >= 15 is 0 Å². The van der Waals surface area contributed by atoms with Crippen LogP contribution < -0.4 is 4.90 Å². The molecule has 0 bridgehead atoms. The molecule has 1 fully saturated rings. The topological polar surface area (TPSA) is 37.2 Å². The number of anilines is 1. The number of para-hydroxylation sites is 1. The largest absolute Gasteiger partial charge is 0.369 e. The van der Waals surface area contributed by atoms with Gasteiger partial charge in [0.2, 0.25) is 0 Å². The fraction of sp³-hybridized carbons (Fsp3) is 0.364. The van der Waals surface area contributed by atoms with Gasteiger partial charge in [0.25, 0.3) is 0 Å². The van der Waals surface area contributed by atoms with E-state index < -0.39 is 0 Å². The third kappa shape index (κ3) is 4.37. The normalized spacial score (nSPS) is 16.3. The second-order valence-corrected chi connectivity index (χ2v) is 7.77. The van der Waals surface area contributed by atoms with Crippen LogP contribution in [0.4, 0.5) is 5.69 Å². The van der Waals surface area contributed by atoms with Gasteiger partial charge in [-0.05, 0) is 31.5 Å². The van der Waals surface area contributed by atoms with Crippen molar-refractivity contribution in [1.29, 1.82) is 0 Å². The van der Waals surface area contributed by atoms with Crippen molar-refractivity contribution in [3.63, 3.8) is 0 Å². The van der Waals surface area contributed by atoms with E-state index in [1.807, 2.05) is 35.1 Å². The second-order valence-electron chi connectivity index (χ2n) is 7.37. The van der Waals surface area contributed by atoms with E-state index in [0.29, 0.717) is 11.1 Å². The lowest BCUT2D eigenvalue weighted by atomic mass is 10.1. The molecule has 6 heteroatoms. The highest BCUT2D eigenvalue weighted by Crippen LogP contribution is 2.26. The lowest BCUT2D eigenvalue weighted by Crippen LogP contribution is -2.46. The highest BCUT2D eigenvalue weighted by Gasteiger charge is 2.18. The molecule has 1 atom stereocenters. The molecule has 2 aromatic carbocycles. The molecular weight excluding hydrogens is 370 g/mol. The van der Waals surface area contributed by atoms with Crippen molar-refractivity contribution >= 4 is 17.3 Å². The van der Waals surface area contributed by atoms with E-state index in [2.05, 4.69) is 57.4 Å². The molecule has 4 rings (SSSR count). The van der Waals surface area contributed by atoms with Gasteiger partial charge in [-0.25, -0.2) is 4.68 Å². The lowest BCUT2D eigenvalue weighted by Gasteiger charge is -2.36. The zero-order valence-corrected chi connectivity index (χ0v) is 17.0. The molecule has 1 saturated heterocycles. The fourth-order valence-electron chi connectivity index (χ4n) is 3.65. The van der Waals surface area contributed by atoms with Crippen molar-refractivity contribution in [2.45, 2.75) is 19.4 Å². The Morgan fingerprint density at radius 3 is 2.43 bits per heavy atom. The maximum Gasteiger partial charge on any atom is 0.114 e. The maximum absolute atomic E-state index is 6.28. The van der Waals surface area contributed by atoms with E-state index in [1.165, 1.54) is 5.69 Å². The summed E-state index contributed by atoms with van der Waals surface area (Å²) in [6.45, 7) is 7.64. The molecule has 0 saturated carbocycles. The molecule has 3 aromatic rings. The van der Waals surface area contributed by atoms with Crippen molar-refractivity contribution in [2.75, 3.05) is 37.6 Å².